The summed E-state index contributed by atoms with van der Waals surface area (Å²) in [5.41, 5.74) is 2.63. The Morgan fingerprint density at radius 3 is 2.19 bits per heavy atom. The van der Waals surface area contributed by atoms with E-state index in [2.05, 4.69) is 37.2 Å². The molecule has 0 radical (unpaired) electrons. The van der Waals surface area contributed by atoms with Crippen LogP contribution in [0.15, 0.2) is 60.7 Å². The van der Waals surface area contributed by atoms with E-state index in [0.29, 0.717) is 23.9 Å². The van der Waals surface area contributed by atoms with E-state index in [9.17, 15) is 19.7 Å². The minimum Gasteiger partial charge on any atom is -0.486 e. The van der Waals surface area contributed by atoms with Gasteiger partial charge >= 0.3 is 11.9 Å². The first-order valence-electron chi connectivity index (χ1n) is 9.96. The SMILES string of the molecule is CN(C)[C@@H]1CCc2ccccc2[C@H](Oc2ccc([N+](=O)[O-])cc2)C1.O=C(O)/C=C/C(=O)O. The summed E-state index contributed by atoms with van der Waals surface area (Å²) in [5.74, 6) is -1.85. The lowest BCUT2D eigenvalue weighted by Crippen LogP contribution is -2.30. The third-order valence-corrected chi connectivity index (χ3v) is 5.06. The van der Waals surface area contributed by atoms with Gasteiger partial charge < -0.3 is 19.8 Å². The second kappa shape index (κ2) is 11.6. The number of nitro benzene ring substituents is 1. The summed E-state index contributed by atoms with van der Waals surface area (Å²) >= 11 is 0. The molecule has 170 valence electrons. The topological polar surface area (TPSA) is 130 Å². The van der Waals surface area contributed by atoms with Gasteiger partial charge in [0, 0.05) is 36.7 Å². The Hall–Kier alpha value is -3.72. The molecular weight excluding hydrogens is 416 g/mol. The molecule has 0 saturated heterocycles. The van der Waals surface area contributed by atoms with Crippen LogP contribution in [0.3, 0.4) is 0 Å². The number of fused-ring (bicyclic) bond motifs is 1. The maximum Gasteiger partial charge on any atom is 0.328 e. The van der Waals surface area contributed by atoms with Gasteiger partial charge in [0.15, 0.2) is 0 Å². The van der Waals surface area contributed by atoms with Crippen molar-refractivity contribution < 1.29 is 29.5 Å². The van der Waals surface area contributed by atoms with Gasteiger partial charge in [-0.15, -0.1) is 0 Å². The van der Waals surface area contributed by atoms with Crippen molar-refractivity contribution in [2.45, 2.75) is 31.4 Å². The van der Waals surface area contributed by atoms with Gasteiger partial charge in [0.2, 0.25) is 0 Å². The minimum absolute atomic E-state index is 0.0439. The number of carboxylic acid groups (broad SMARTS) is 2. The standard InChI is InChI=1S/C19H22N2O3.C4H4O4/c1-20(2)16-8-7-14-5-3-4-6-18(14)19(13-16)24-17-11-9-15(10-12-17)21(22)23;5-3(6)1-2-4(7)8/h3-6,9-12,16,19H,7-8,13H2,1-2H3;1-2H,(H,5,6)(H,7,8)/b;2-1+/t16-,19-;/m1./s1. The average Bonchev–Trinajstić information content (AvgIpc) is 2.93. The van der Waals surface area contributed by atoms with Crippen LogP contribution in [-0.4, -0.2) is 52.1 Å². The molecule has 0 bridgehead atoms. The summed E-state index contributed by atoms with van der Waals surface area (Å²) in [6, 6.07) is 15.2. The van der Waals surface area contributed by atoms with Gasteiger partial charge in [-0.1, -0.05) is 24.3 Å². The summed E-state index contributed by atoms with van der Waals surface area (Å²) in [6.45, 7) is 0. The van der Waals surface area contributed by atoms with E-state index in [0.717, 1.165) is 19.3 Å². The largest absolute Gasteiger partial charge is 0.486 e. The smallest absolute Gasteiger partial charge is 0.328 e. The first-order chi connectivity index (χ1) is 15.2. The Balaban J connectivity index is 0.000000390. The zero-order valence-corrected chi connectivity index (χ0v) is 17.9. The van der Waals surface area contributed by atoms with E-state index in [1.54, 1.807) is 12.1 Å². The van der Waals surface area contributed by atoms with E-state index < -0.39 is 16.9 Å². The van der Waals surface area contributed by atoms with Crippen molar-refractivity contribution in [3.8, 4) is 5.75 Å². The highest BCUT2D eigenvalue weighted by atomic mass is 16.6. The summed E-state index contributed by atoms with van der Waals surface area (Å²) in [5, 5.41) is 26.4. The van der Waals surface area contributed by atoms with Gasteiger partial charge in [-0.3, -0.25) is 10.1 Å². The fourth-order valence-corrected chi connectivity index (χ4v) is 3.42. The van der Waals surface area contributed by atoms with Crippen molar-refractivity contribution in [2.75, 3.05) is 14.1 Å². The van der Waals surface area contributed by atoms with E-state index in [1.165, 1.54) is 23.3 Å². The highest BCUT2D eigenvalue weighted by Gasteiger charge is 2.27. The maximum atomic E-state index is 10.8. The summed E-state index contributed by atoms with van der Waals surface area (Å²) in [4.78, 5) is 31.7. The molecule has 1 aliphatic rings. The molecule has 0 saturated carbocycles. The van der Waals surface area contributed by atoms with E-state index in [-0.39, 0.29) is 11.8 Å². The molecule has 32 heavy (non-hydrogen) atoms. The fourth-order valence-electron chi connectivity index (χ4n) is 3.42. The second-order valence-electron chi connectivity index (χ2n) is 7.46. The fraction of sp³-hybridized carbons (Fsp3) is 0.304. The van der Waals surface area contributed by atoms with Crippen LogP contribution in [0.25, 0.3) is 0 Å². The molecule has 0 spiro atoms. The van der Waals surface area contributed by atoms with Crippen LogP contribution in [0.2, 0.25) is 0 Å². The molecule has 2 atom stereocenters. The zero-order chi connectivity index (χ0) is 23.7. The minimum atomic E-state index is -1.26. The molecule has 0 unspecified atom stereocenters. The number of carboxylic acids is 2. The molecule has 1 aliphatic carbocycles. The normalized spacial score (nSPS) is 17.6. The molecule has 2 aromatic rings. The zero-order valence-electron chi connectivity index (χ0n) is 17.9. The van der Waals surface area contributed by atoms with Gasteiger partial charge in [0.25, 0.3) is 5.69 Å². The van der Waals surface area contributed by atoms with Crippen molar-refractivity contribution >= 4 is 17.6 Å². The third-order valence-electron chi connectivity index (χ3n) is 5.06. The third kappa shape index (κ3) is 7.51. The Morgan fingerprint density at radius 1 is 1.06 bits per heavy atom. The van der Waals surface area contributed by atoms with E-state index in [1.807, 2.05) is 6.07 Å². The molecule has 0 aliphatic heterocycles. The Morgan fingerprint density at radius 2 is 1.66 bits per heavy atom. The van der Waals surface area contributed by atoms with Crippen molar-refractivity contribution in [3.63, 3.8) is 0 Å². The van der Waals surface area contributed by atoms with Crippen LogP contribution in [0.1, 0.15) is 30.1 Å². The molecule has 9 heteroatoms. The number of aliphatic carboxylic acids is 2. The lowest BCUT2D eigenvalue weighted by Gasteiger charge is -2.27. The molecule has 0 fully saturated rings. The second-order valence-corrected chi connectivity index (χ2v) is 7.46. The monoisotopic (exact) mass is 442 g/mol. The molecule has 0 amide bonds. The first kappa shape index (κ1) is 24.5. The maximum absolute atomic E-state index is 10.8. The van der Waals surface area contributed by atoms with Crippen LogP contribution in [-0.2, 0) is 16.0 Å². The molecule has 2 N–H and O–H groups in total. The quantitative estimate of drug-likeness (QED) is 0.300. The lowest BCUT2D eigenvalue weighted by molar-refractivity contribution is -0.384. The number of nitrogens with zero attached hydrogens (tertiary/aromatic N) is 2. The first-order valence-corrected chi connectivity index (χ1v) is 9.96. The molecule has 2 aromatic carbocycles. The van der Waals surface area contributed by atoms with Crippen LogP contribution >= 0.6 is 0 Å². The summed E-state index contributed by atoms with van der Waals surface area (Å²) in [7, 11) is 4.20. The summed E-state index contributed by atoms with van der Waals surface area (Å²) in [6.07, 6.45) is 4.12. The number of carbonyl (C=O) groups is 2. The van der Waals surface area contributed by atoms with Crippen LogP contribution in [0.4, 0.5) is 5.69 Å². The van der Waals surface area contributed by atoms with Gasteiger partial charge in [-0.25, -0.2) is 9.59 Å². The van der Waals surface area contributed by atoms with Crippen molar-refractivity contribution in [2.24, 2.45) is 0 Å². The number of hydrogen-bond acceptors (Lipinski definition) is 6. The number of nitro groups is 1. The average molecular weight is 442 g/mol. The van der Waals surface area contributed by atoms with Crippen LogP contribution in [0, 0.1) is 10.1 Å². The number of rotatable bonds is 6. The number of ether oxygens (including phenoxy) is 1. The van der Waals surface area contributed by atoms with E-state index in [4.69, 9.17) is 14.9 Å². The van der Waals surface area contributed by atoms with Crippen LogP contribution in [0.5, 0.6) is 5.75 Å². The lowest BCUT2D eigenvalue weighted by atomic mass is 10.0. The Kier molecular flexibility index (Phi) is 8.91. The number of hydrogen-bond donors (Lipinski definition) is 2. The molecule has 0 heterocycles. The van der Waals surface area contributed by atoms with Crippen molar-refractivity contribution in [3.05, 3.63) is 81.9 Å². The molecule has 9 nitrogen and oxygen atoms in total. The number of non-ortho nitro benzene ring substituents is 1. The summed E-state index contributed by atoms with van der Waals surface area (Å²) < 4.78 is 6.23. The predicted molar refractivity (Wildman–Crippen MR) is 118 cm³/mol. The van der Waals surface area contributed by atoms with Gasteiger partial charge in [0.1, 0.15) is 11.9 Å². The van der Waals surface area contributed by atoms with Gasteiger partial charge in [0.05, 0.1) is 4.92 Å². The highest BCUT2D eigenvalue weighted by molar-refractivity contribution is 5.89. The van der Waals surface area contributed by atoms with Crippen molar-refractivity contribution in [1.82, 2.24) is 4.90 Å². The van der Waals surface area contributed by atoms with Gasteiger partial charge in [-0.05, 0) is 50.2 Å². The Labute approximate surface area is 185 Å². The molecule has 0 aromatic heterocycles. The number of benzene rings is 2. The number of aryl methyl sites for hydroxylation is 1. The van der Waals surface area contributed by atoms with Crippen LogP contribution < -0.4 is 4.74 Å². The predicted octanol–water partition coefficient (Wildman–Crippen LogP) is 3.69. The van der Waals surface area contributed by atoms with Crippen molar-refractivity contribution in [1.29, 1.82) is 0 Å². The molecule has 3 rings (SSSR count). The van der Waals surface area contributed by atoms with E-state index >= 15 is 0 Å². The Bertz CT molecular complexity index is 955. The molecular formula is C23H26N2O7. The van der Waals surface area contributed by atoms with Gasteiger partial charge in [-0.2, -0.15) is 0 Å². The highest BCUT2D eigenvalue weighted by Crippen LogP contribution is 2.34.